The summed E-state index contributed by atoms with van der Waals surface area (Å²) in [7, 11) is 1.41. The second kappa shape index (κ2) is 4.68. The van der Waals surface area contributed by atoms with Crippen LogP contribution in [0.4, 0.5) is 0 Å². The van der Waals surface area contributed by atoms with Crippen LogP contribution < -0.4 is 0 Å². The number of methoxy groups -OCH3 is 1. The Bertz CT molecular complexity index is 509. The van der Waals surface area contributed by atoms with Crippen molar-refractivity contribution in [2.75, 3.05) is 7.11 Å². The van der Waals surface area contributed by atoms with Crippen LogP contribution in [0.3, 0.4) is 0 Å². The van der Waals surface area contributed by atoms with Crippen LogP contribution in [0.25, 0.3) is 0 Å². The molecule has 17 heavy (non-hydrogen) atoms. The second-order valence-electron chi connectivity index (χ2n) is 3.45. The molecule has 0 saturated carbocycles. The lowest BCUT2D eigenvalue weighted by Crippen LogP contribution is -2.22. The fraction of sp³-hybridized carbons (Fsp3) is 0.154. The van der Waals surface area contributed by atoms with E-state index in [0.29, 0.717) is 5.56 Å². The summed E-state index contributed by atoms with van der Waals surface area (Å²) in [5, 5.41) is 0. The largest absolute Gasteiger partial charge is 0.469 e. The Kier molecular flexibility index (Phi) is 3.08. The highest BCUT2D eigenvalue weighted by Crippen LogP contribution is 2.24. The number of carbonyl (C=O) groups excluding carboxylic acids is 2. The lowest BCUT2D eigenvalue weighted by atomic mass is 10.0. The van der Waals surface area contributed by atoms with Gasteiger partial charge in [0.2, 0.25) is 11.9 Å². The average molecular weight is 230 g/mol. The van der Waals surface area contributed by atoms with Gasteiger partial charge in [0.1, 0.15) is 5.94 Å². The van der Waals surface area contributed by atoms with E-state index in [9.17, 15) is 9.59 Å². The van der Waals surface area contributed by atoms with Gasteiger partial charge in [0.05, 0.1) is 12.7 Å². The highest BCUT2D eigenvalue weighted by atomic mass is 16.7. The molecule has 86 valence electrons. The number of carbonyl (C=O) groups is 1. The van der Waals surface area contributed by atoms with Gasteiger partial charge >= 0.3 is 0 Å². The van der Waals surface area contributed by atoms with Crippen molar-refractivity contribution in [3.8, 4) is 0 Å². The van der Waals surface area contributed by atoms with Crippen molar-refractivity contribution in [2.45, 2.75) is 6.10 Å². The molecule has 2 rings (SSSR count). The molecule has 4 nitrogen and oxygen atoms in total. The standard InChI is InChI=1S/C13H10O4/c1-16-11-7-10(8-14)13(17-11)12(15)9-5-3-2-4-6-9/h2-7,13H,1H3. The van der Waals surface area contributed by atoms with Crippen LogP contribution in [0.1, 0.15) is 10.4 Å². The molecule has 1 heterocycles. The minimum absolute atomic E-state index is 0.149. The summed E-state index contributed by atoms with van der Waals surface area (Å²) in [6.45, 7) is 0. The first-order valence-corrected chi connectivity index (χ1v) is 5.03. The molecule has 0 radical (unpaired) electrons. The van der Waals surface area contributed by atoms with E-state index in [4.69, 9.17) is 9.47 Å². The molecule has 0 spiro atoms. The number of Topliss-reactive ketones (excluding diaryl/α,β-unsaturated/α-hetero) is 1. The fourth-order valence-electron chi connectivity index (χ4n) is 1.55. The van der Waals surface area contributed by atoms with Crippen LogP contribution in [0.5, 0.6) is 0 Å². The number of rotatable bonds is 3. The Hall–Kier alpha value is -2.32. The molecule has 0 saturated heterocycles. The van der Waals surface area contributed by atoms with Crippen LogP contribution in [0.2, 0.25) is 0 Å². The molecule has 1 aromatic rings. The minimum atomic E-state index is -0.954. The number of hydrogen-bond donors (Lipinski definition) is 0. The van der Waals surface area contributed by atoms with E-state index in [0.717, 1.165) is 0 Å². The van der Waals surface area contributed by atoms with Crippen molar-refractivity contribution in [1.82, 2.24) is 0 Å². The van der Waals surface area contributed by atoms with Crippen LogP contribution in [0, 0.1) is 0 Å². The molecule has 0 amide bonds. The van der Waals surface area contributed by atoms with Crippen LogP contribution in [-0.4, -0.2) is 24.9 Å². The average Bonchev–Trinajstić information content (AvgIpc) is 2.82. The predicted molar refractivity (Wildman–Crippen MR) is 59.9 cm³/mol. The first-order chi connectivity index (χ1) is 8.26. The van der Waals surface area contributed by atoms with Crippen molar-refractivity contribution in [3.63, 3.8) is 0 Å². The number of benzene rings is 1. The predicted octanol–water partition coefficient (Wildman–Crippen LogP) is 1.51. The molecule has 0 N–H and O–H groups in total. The van der Waals surface area contributed by atoms with Crippen molar-refractivity contribution in [1.29, 1.82) is 0 Å². The molecule has 0 aliphatic carbocycles. The highest BCUT2D eigenvalue weighted by molar-refractivity contribution is 6.03. The molecule has 0 fully saturated rings. The van der Waals surface area contributed by atoms with E-state index in [1.54, 1.807) is 30.2 Å². The van der Waals surface area contributed by atoms with Crippen LogP contribution >= 0.6 is 0 Å². The highest BCUT2D eigenvalue weighted by Gasteiger charge is 2.32. The molecule has 0 aromatic heterocycles. The van der Waals surface area contributed by atoms with Gasteiger partial charge in [-0.25, -0.2) is 4.79 Å². The van der Waals surface area contributed by atoms with Crippen molar-refractivity contribution in [2.24, 2.45) is 0 Å². The zero-order chi connectivity index (χ0) is 12.3. The smallest absolute Gasteiger partial charge is 0.281 e. The Labute approximate surface area is 98.2 Å². The number of ether oxygens (including phenoxy) is 2. The summed E-state index contributed by atoms with van der Waals surface area (Å²) in [6.07, 6.45) is 0.420. The maximum atomic E-state index is 12.1. The monoisotopic (exact) mass is 230 g/mol. The van der Waals surface area contributed by atoms with E-state index < -0.39 is 6.10 Å². The van der Waals surface area contributed by atoms with Gasteiger partial charge in [-0.1, -0.05) is 30.3 Å². The summed E-state index contributed by atoms with van der Waals surface area (Å²) in [4.78, 5) is 22.8. The van der Waals surface area contributed by atoms with Gasteiger partial charge in [-0.15, -0.1) is 0 Å². The Balaban J connectivity index is 2.26. The number of ketones is 1. The lowest BCUT2D eigenvalue weighted by Gasteiger charge is -2.10. The normalized spacial score (nSPS) is 18.1. The molecule has 1 aliphatic heterocycles. The second-order valence-corrected chi connectivity index (χ2v) is 3.45. The molecular weight excluding hydrogens is 220 g/mol. The lowest BCUT2D eigenvalue weighted by molar-refractivity contribution is 0.0384. The van der Waals surface area contributed by atoms with Crippen molar-refractivity contribution in [3.05, 3.63) is 53.5 Å². The van der Waals surface area contributed by atoms with Gasteiger partial charge < -0.3 is 9.47 Å². The Morgan fingerprint density at radius 1 is 1.35 bits per heavy atom. The molecule has 1 atom stereocenters. The van der Waals surface area contributed by atoms with Crippen LogP contribution in [0.15, 0.2) is 47.9 Å². The Morgan fingerprint density at radius 2 is 2.06 bits per heavy atom. The molecule has 0 bridgehead atoms. The molecule has 4 heteroatoms. The summed E-state index contributed by atoms with van der Waals surface area (Å²) in [6, 6.07) is 8.63. The van der Waals surface area contributed by atoms with E-state index in [2.05, 4.69) is 0 Å². The van der Waals surface area contributed by atoms with Gasteiger partial charge in [-0.05, 0) is 0 Å². The summed E-state index contributed by atoms with van der Waals surface area (Å²) < 4.78 is 10.1. The van der Waals surface area contributed by atoms with E-state index >= 15 is 0 Å². The zero-order valence-electron chi connectivity index (χ0n) is 9.17. The van der Waals surface area contributed by atoms with E-state index in [-0.39, 0.29) is 17.3 Å². The molecular formula is C13H10O4. The quantitative estimate of drug-likeness (QED) is 0.583. The van der Waals surface area contributed by atoms with Gasteiger partial charge in [0, 0.05) is 11.6 Å². The van der Waals surface area contributed by atoms with E-state index in [1.807, 2.05) is 6.07 Å². The fourth-order valence-corrected chi connectivity index (χ4v) is 1.55. The summed E-state index contributed by atoms with van der Waals surface area (Å²) >= 11 is 0. The first kappa shape index (κ1) is 11.2. The van der Waals surface area contributed by atoms with Crippen LogP contribution in [-0.2, 0) is 14.3 Å². The molecule has 1 aliphatic rings. The number of hydrogen-bond acceptors (Lipinski definition) is 4. The maximum Gasteiger partial charge on any atom is 0.281 e. The third-order valence-electron chi connectivity index (χ3n) is 2.41. The maximum absolute atomic E-state index is 12.1. The first-order valence-electron chi connectivity index (χ1n) is 5.03. The van der Waals surface area contributed by atoms with Gasteiger partial charge in [0.25, 0.3) is 5.95 Å². The van der Waals surface area contributed by atoms with Gasteiger partial charge in [-0.3, -0.25) is 4.79 Å². The topological polar surface area (TPSA) is 52.6 Å². The van der Waals surface area contributed by atoms with Gasteiger partial charge in [0.15, 0.2) is 0 Å². The van der Waals surface area contributed by atoms with Crippen molar-refractivity contribution < 1.29 is 19.1 Å². The third-order valence-corrected chi connectivity index (χ3v) is 2.41. The zero-order valence-corrected chi connectivity index (χ0v) is 9.17. The SMILES string of the molecule is COC1=CC(=C=O)C(C(=O)c2ccccc2)O1. The van der Waals surface area contributed by atoms with Crippen molar-refractivity contribution >= 4 is 11.7 Å². The minimum Gasteiger partial charge on any atom is -0.469 e. The molecule has 1 unspecified atom stereocenters. The summed E-state index contributed by atoms with van der Waals surface area (Å²) in [5.74, 6) is 1.56. The molecule has 1 aromatic carbocycles. The third kappa shape index (κ3) is 2.12. The Morgan fingerprint density at radius 3 is 2.65 bits per heavy atom. The summed E-state index contributed by atoms with van der Waals surface area (Å²) in [5.41, 5.74) is 0.631. The van der Waals surface area contributed by atoms with Gasteiger partial charge in [-0.2, -0.15) is 0 Å². The van der Waals surface area contributed by atoms with E-state index in [1.165, 1.54) is 13.2 Å².